The fraction of sp³-hybridized carbons (Fsp3) is 0.882. The molecule has 0 saturated carbocycles. The SMILES string of the molecule is CC=CC(C)CCCCCCCCCCC(C)N. The lowest BCUT2D eigenvalue weighted by molar-refractivity contribution is 0.519. The molecule has 0 aromatic rings. The van der Waals surface area contributed by atoms with Crippen LogP contribution >= 0.6 is 0 Å². The highest BCUT2D eigenvalue weighted by molar-refractivity contribution is 4.82. The highest BCUT2D eigenvalue weighted by atomic mass is 14.6. The molecular formula is C17H35N. The molecule has 108 valence electrons. The van der Waals surface area contributed by atoms with Crippen LogP contribution in [0.5, 0.6) is 0 Å². The molecule has 0 amide bonds. The van der Waals surface area contributed by atoms with E-state index in [0.29, 0.717) is 6.04 Å². The van der Waals surface area contributed by atoms with Crippen LogP contribution < -0.4 is 5.73 Å². The average Bonchev–Trinajstić information content (AvgIpc) is 2.31. The normalized spacial score (nSPS) is 15.1. The van der Waals surface area contributed by atoms with Crippen molar-refractivity contribution in [2.75, 3.05) is 0 Å². The molecule has 0 rings (SSSR count). The van der Waals surface area contributed by atoms with Gasteiger partial charge in [-0.1, -0.05) is 70.4 Å². The molecule has 1 heteroatoms. The smallest absolute Gasteiger partial charge is 0.00104 e. The molecule has 1 nitrogen and oxygen atoms in total. The summed E-state index contributed by atoms with van der Waals surface area (Å²) < 4.78 is 0. The lowest BCUT2D eigenvalue weighted by Gasteiger charge is -2.06. The average molecular weight is 253 g/mol. The second kappa shape index (κ2) is 13.1. The Morgan fingerprint density at radius 2 is 1.22 bits per heavy atom. The van der Waals surface area contributed by atoms with Gasteiger partial charge in [0, 0.05) is 6.04 Å². The van der Waals surface area contributed by atoms with E-state index in [-0.39, 0.29) is 0 Å². The summed E-state index contributed by atoms with van der Waals surface area (Å²) in [5.41, 5.74) is 5.73. The van der Waals surface area contributed by atoms with Crippen LogP contribution in [0.25, 0.3) is 0 Å². The maximum absolute atomic E-state index is 5.73. The minimum Gasteiger partial charge on any atom is -0.328 e. The van der Waals surface area contributed by atoms with Gasteiger partial charge in [0.15, 0.2) is 0 Å². The Bertz CT molecular complexity index is 184. The zero-order valence-corrected chi connectivity index (χ0v) is 13.0. The number of nitrogens with two attached hydrogens (primary N) is 1. The van der Waals surface area contributed by atoms with Crippen molar-refractivity contribution in [1.29, 1.82) is 0 Å². The van der Waals surface area contributed by atoms with Crippen LogP contribution in [0.1, 0.15) is 85.0 Å². The number of rotatable bonds is 12. The van der Waals surface area contributed by atoms with Gasteiger partial charge in [-0.3, -0.25) is 0 Å². The summed E-state index contributed by atoms with van der Waals surface area (Å²) in [6, 6.07) is 0.393. The van der Waals surface area contributed by atoms with Crippen molar-refractivity contribution in [2.45, 2.75) is 91.0 Å². The highest BCUT2D eigenvalue weighted by Crippen LogP contribution is 2.14. The van der Waals surface area contributed by atoms with Gasteiger partial charge in [-0.25, -0.2) is 0 Å². The molecule has 2 N–H and O–H groups in total. The number of allylic oxidation sites excluding steroid dienone is 2. The molecule has 0 saturated heterocycles. The number of hydrogen-bond donors (Lipinski definition) is 1. The van der Waals surface area contributed by atoms with Gasteiger partial charge in [0.1, 0.15) is 0 Å². The maximum Gasteiger partial charge on any atom is 0.00104 e. The largest absolute Gasteiger partial charge is 0.328 e. The van der Waals surface area contributed by atoms with E-state index < -0.39 is 0 Å². The molecule has 18 heavy (non-hydrogen) atoms. The van der Waals surface area contributed by atoms with Crippen LogP contribution in [0.2, 0.25) is 0 Å². The number of hydrogen-bond acceptors (Lipinski definition) is 1. The van der Waals surface area contributed by atoms with Crippen molar-refractivity contribution in [3.05, 3.63) is 12.2 Å². The van der Waals surface area contributed by atoms with Crippen LogP contribution in [-0.4, -0.2) is 6.04 Å². The maximum atomic E-state index is 5.73. The summed E-state index contributed by atoms with van der Waals surface area (Å²) in [6.45, 7) is 6.54. The van der Waals surface area contributed by atoms with Crippen molar-refractivity contribution in [1.82, 2.24) is 0 Å². The first-order chi connectivity index (χ1) is 8.66. The van der Waals surface area contributed by atoms with Crippen molar-refractivity contribution in [2.24, 2.45) is 11.7 Å². The molecule has 0 heterocycles. The van der Waals surface area contributed by atoms with Gasteiger partial charge in [0.05, 0.1) is 0 Å². The van der Waals surface area contributed by atoms with Crippen molar-refractivity contribution >= 4 is 0 Å². The summed E-state index contributed by atoms with van der Waals surface area (Å²) in [5.74, 6) is 0.772. The van der Waals surface area contributed by atoms with Crippen molar-refractivity contribution in [3.8, 4) is 0 Å². The van der Waals surface area contributed by atoms with E-state index in [1.54, 1.807) is 0 Å². The predicted octanol–water partition coefficient (Wildman–Crippen LogP) is 5.45. The van der Waals surface area contributed by atoms with Gasteiger partial charge in [-0.2, -0.15) is 0 Å². The molecule has 0 aromatic heterocycles. The Labute approximate surface area is 115 Å². The first-order valence-electron chi connectivity index (χ1n) is 8.05. The van der Waals surface area contributed by atoms with Crippen molar-refractivity contribution in [3.63, 3.8) is 0 Å². The Morgan fingerprint density at radius 3 is 1.67 bits per heavy atom. The van der Waals surface area contributed by atoms with E-state index in [2.05, 4.69) is 32.9 Å². The topological polar surface area (TPSA) is 26.0 Å². The van der Waals surface area contributed by atoms with E-state index >= 15 is 0 Å². The second-order valence-electron chi connectivity index (χ2n) is 5.89. The Kier molecular flexibility index (Phi) is 12.9. The Morgan fingerprint density at radius 1 is 0.778 bits per heavy atom. The summed E-state index contributed by atoms with van der Waals surface area (Å²) in [5, 5.41) is 0. The standard InChI is InChI=1S/C17H35N/c1-4-13-16(2)14-11-9-7-5-6-8-10-12-15-17(3)18/h4,13,16-17H,5-12,14-15,18H2,1-3H3. The molecule has 0 aliphatic carbocycles. The third-order valence-corrected chi connectivity index (χ3v) is 3.59. The molecule has 2 atom stereocenters. The quantitative estimate of drug-likeness (QED) is 0.363. The van der Waals surface area contributed by atoms with E-state index in [4.69, 9.17) is 5.73 Å². The van der Waals surface area contributed by atoms with Crippen LogP contribution in [0.4, 0.5) is 0 Å². The fourth-order valence-corrected chi connectivity index (χ4v) is 2.42. The monoisotopic (exact) mass is 253 g/mol. The molecule has 0 fully saturated rings. The molecule has 0 aromatic carbocycles. The van der Waals surface area contributed by atoms with Crippen LogP contribution in [0.15, 0.2) is 12.2 Å². The molecule has 0 radical (unpaired) electrons. The predicted molar refractivity (Wildman–Crippen MR) is 83.8 cm³/mol. The van der Waals surface area contributed by atoms with Gasteiger partial charge >= 0.3 is 0 Å². The van der Waals surface area contributed by atoms with E-state index in [9.17, 15) is 0 Å². The van der Waals surface area contributed by atoms with Gasteiger partial charge in [0.25, 0.3) is 0 Å². The van der Waals surface area contributed by atoms with E-state index in [1.807, 2.05) is 0 Å². The fourth-order valence-electron chi connectivity index (χ4n) is 2.42. The summed E-state index contributed by atoms with van der Waals surface area (Å²) in [7, 11) is 0. The van der Waals surface area contributed by atoms with Crippen LogP contribution in [0.3, 0.4) is 0 Å². The lowest BCUT2D eigenvalue weighted by Crippen LogP contribution is -2.13. The minimum absolute atomic E-state index is 0.393. The molecular weight excluding hydrogens is 218 g/mol. The van der Waals surface area contributed by atoms with Gasteiger partial charge in [-0.05, 0) is 32.6 Å². The Hall–Kier alpha value is -0.300. The summed E-state index contributed by atoms with van der Waals surface area (Å²) in [6.07, 6.45) is 18.2. The zero-order valence-electron chi connectivity index (χ0n) is 13.0. The molecule has 2 unspecified atom stereocenters. The first kappa shape index (κ1) is 17.7. The minimum atomic E-state index is 0.393. The van der Waals surface area contributed by atoms with Gasteiger partial charge in [-0.15, -0.1) is 0 Å². The van der Waals surface area contributed by atoms with Gasteiger partial charge < -0.3 is 5.73 Å². The first-order valence-corrected chi connectivity index (χ1v) is 8.05. The van der Waals surface area contributed by atoms with Crippen molar-refractivity contribution < 1.29 is 0 Å². The highest BCUT2D eigenvalue weighted by Gasteiger charge is 1.97. The Balaban J connectivity index is 3.07. The van der Waals surface area contributed by atoms with E-state index in [1.165, 1.54) is 64.2 Å². The lowest BCUT2D eigenvalue weighted by atomic mass is 10.0. The van der Waals surface area contributed by atoms with Crippen LogP contribution in [-0.2, 0) is 0 Å². The summed E-state index contributed by atoms with van der Waals surface area (Å²) in [4.78, 5) is 0. The third kappa shape index (κ3) is 13.8. The summed E-state index contributed by atoms with van der Waals surface area (Å²) >= 11 is 0. The third-order valence-electron chi connectivity index (χ3n) is 3.59. The van der Waals surface area contributed by atoms with Crippen LogP contribution in [0, 0.1) is 5.92 Å². The molecule has 0 aliphatic rings. The second-order valence-corrected chi connectivity index (χ2v) is 5.89. The number of unbranched alkanes of at least 4 members (excludes halogenated alkanes) is 7. The van der Waals surface area contributed by atoms with E-state index in [0.717, 1.165) is 5.92 Å². The molecule has 0 bridgehead atoms. The van der Waals surface area contributed by atoms with Gasteiger partial charge in [0.2, 0.25) is 0 Å². The zero-order chi connectivity index (χ0) is 13.6. The molecule has 0 aliphatic heterocycles. The molecule has 0 spiro atoms.